The molecule has 1 aliphatic heterocycles. The van der Waals surface area contributed by atoms with E-state index in [1.807, 2.05) is 6.92 Å². The first-order chi connectivity index (χ1) is 5.22. The quantitative estimate of drug-likeness (QED) is 0.633. The van der Waals surface area contributed by atoms with Crippen molar-refractivity contribution in [3.05, 3.63) is 0 Å². The minimum absolute atomic E-state index is 0.217. The van der Waals surface area contributed by atoms with E-state index in [9.17, 15) is 0 Å². The standard InChI is InChI=1S/C8H17NO2/c1-7(10)5-9-4-3-8(6-9)11-2/h7-8,10H,3-6H2,1-2H3/t7?,8-/m0/s1. The molecule has 1 rings (SSSR count). The summed E-state index contributed by atoms with van der Waals surface area (Å²) in [6.45, 7) is 4.63. The predicted octanol–water partition coefficient (Wildman–Crippen LogP) is 0.0879. The van der Waals surface area contributed by atoms with Crippen molar-refractivity contribution < 1.29 is 9.84 Å². The number of rotatable bonds is 3. The average Bonchev–Trinajstić information content (AvgIpc) is 2.34. The van der Waals surface area contributed by atoms with Crippen molar-refractivity contribution in [3.63, 3.8) is 0 Å². The van der Waals surface area contributed by atoms with E-state index in [-0.39, 0.29) is 6.10 Å². The van der Waals surface area contributed by atoms with E-state index in [1.165, 1.54) is 0 Å². The summed E-state index contributed by atoms with van der Waals surface area (Å²) in [5.41, 5.74) is 0. The van der Waals surface area contributed by atoms with Gasteiger partial charge in [0, 0.05) is 26.7 Å². The monoisotopic (exact) mass is 159 g/mol. The number of aliphatic hydroxyl groups is 1. The molecule has 0 bridgehead atoms. The fourth-order valence-corrected chi connectivity index (χ4v) is 1.53. The van der Waals surface area contributed by atoms with Crippen molar-refractivity contribution in [1.29, 1.82) is 0 Å². The third-order valence-electron chi connectivity index (χ3n) is 2.08. The molecule has 3 heteroatoms. The van der Waals surface area contributed by atoms with E-state index in [0.717, 1.165) is 26.1 Å². The van der Waals surface area contributed by atoms with Gasteiger partial charge >= 0.3 is 0 Å². The van der Waals surface area contributed by atoms with Crippen LogP contribution in [0.25, 0.3) is 0 Å². The number of nitrogens with zero attached hydrogens (tertiary/aromatic N) is 1. The normalized spacial score (nSPS) is 29.2. The van der Waals surface area contributed by atoms with E-state index < -0.39 is 0 Å². The van der Waals surface area contributed by atoms with Gasteiger partial charge in [-0.3, -0.25) is 4.90 Å². The first-order valence-electron chi connectivity index (χ1n) is 4.15. The molecule has 2 atom stereocenters. The molecule has 1 aliphatic rings. The molecule has 3 nitrogen and oxygen atoms in total. The van der Waals surface area contributed by atoms with Crippen LogP contribution in [-0.4, -0.2) is 49.0 Å². The Labute approximate surface area is 68.0 Å². The first kappa shape index (κ1) is 8.97. The second-order valence-corrected chi connectivity index (χ2v) is 3.25. The van der Waals surface area contributed by atoms with Crippen molar-refractivity contribution in [1.82, 2.24) is 4.90 Å². The van der Waals surface area contributed by atoms with Gasteiger partial charge in [-0.2, -0.15) is 0 Å². The average molecular weight is 159 g/mol. The Morgan fingerprint density at radius 2 is 2.45 bits per heavy atom. The summed E-state index contributed by atoms with van der Waals surface area (Å²) in [5, 5.41) is 9.09. The first-order valence-corrected chi connectivity index (χ1v) is 4.15. The Hall–Kier alpha value is -0.120. The minimum atomic E-state index is -0.217. The van der Waals surface area contributed by atoms with Crippen LogP contribution in [0.3, 0.4) is 0 Å². The Balaban J connectivity index is 2.19. The van der Waals surface area contributed by atoms with Crippen LogP contribution in [0.15, 0.2) is 0 Å². The molecule has 1 saturated heterocycles. The van der Waals surface area contributed by atoms with E-state index in [0.29, 0.717) is 6.10 Å². The highest BCUT2D eigenvalue weighted by Gasteiger charge is 2.22. The van der Waals surface area contributed by atoms with Gasteiger partial charge in [-0.1, -0.05) is 0 Å². The maximum atomic E-state index is 9.09. The predicted molar refractivity (Wildman–Crippen MR) is 43.5 cm³/mol. The van der Waals surface area contributed by atoms with Gasteiger partial charge in [0.25, 0.3) is 0 Å². The molecule has 0 spiro atoms. The second kappa shape index (κ2) is 4.04. The molecule has 0 aromatic heterocycles. The van der Waals surface area contributed by atoms with Crippen LogP contribution < -0.4 is 0 Å². The number of ether oxygens (including phenoxy) is 1. The lowest BCUT2D eigenvalue weighted by Crippen LogP contribution is -2.29. The van der Waals surface area contributed by atoms with Crippen molar-refractivity contribution in [2.75, 3.05) is 26.7 Å². The van der Waals surface area contributed by atoms with Crippen LogP contribution in [0.1, 0.15) is 13.3 Å². The molecule has 11 heavy (non-hydrogen) atoms. The zero-order valence-electron chi connectivity index (χ0n) is 7.29. The zero-order valence-corrected chi connectivity index (χ0v) is 7.29. The lowest BCUT2D eigenvalue weighted by Gasteiger charge is -2.16. The van der Waals surface area contributed by atoms with Gasteiger partial charge in [0.15, 0.2) is 0 Å². The number of aliphatic hydroxyl groups excluding tert-OH is 1. The maximum absolute atomic E-state index is 9.09. The Morgan fingerprint density at radius 1 is 1.73 bits per heavy atom. The fourth-order valence-electron chi connectivity index (χ4n) is 1.53. The number of hydrogen-bond acceptors (Lipinski definition) is 3. The highest BCUT2D eigenvalue weighted by molar-refractivity contribution is 4.76. The van der Waals surface area contributed by atoms with E-state index >= 15 is 0 Å². The third kappa shape index (κ3) is 2.77. The summed E-state index contributed by atoms with van der Waals surface area (Å²) in [5.74, 6) is 0. The van der Waals surface area contributed by atoms with Gasteiger partial charge in [-0.15, -0.1) is 0 Å². The number of β-amino-alcohol motifs (C(OH)–C–C–N with tert-alkyl or cyclic N) is 1. The van der Waals surface area contributed by atoms with Crippen molar-refractivity contribution in [2.24, 2.45) is 0 Å². The highest BCUT2D eigenvalue weighted by Crippen LogP contribution is 2.11. The molecular weight excluding hydrogens is 142 g/mol. The summed E-state index contributed by atoms with van der Waals surface area (Å²) < 4.78 is 5.20. The van der Waals surface area contributed by atoms with E-state index in [2.05, 4.69) is 4.90 Å². The van der Waals surface area contributed by atoms with Crippen LogP contribution >= 0.6 is 0 Å². The van der Waals surface area contributed by atoms with Crippen LogP contribution in [0, 0.1) is 0 Å². The molecule has 1 fully saturated rings. The summed E-state index contributed by atoms with van der Waals surface area (Å²) in [6.07, 6.45) is 1.27. The fraction of sp³-hybridized carbons (Fsp3) is 1.00. The summed E-state index contributed by atoms with van der Waals surface area (Å²) in [4.78, 5) is 2.23. The van der Waals surface area contributed by atoms with Crippen molar-refractivity contribution >= 4 is 0 Å². The van der Waals surface area contributed by atoms with E-state index in [1.54, 1.807) is 7.11 Å². The lowest BCUT2D eigenvalue weighted by atomic mass is 10.3. The Bertz CT molecular complexity index is 117. The smallest absolute Gasteiger partial charge is 0.0710 e. The summed E-state index contributed by atoms with van der Waals surface area (Å²) in [7, 11) is 1.75. The van der Waals surface area contributed by atoms with Gasteiger partial charge in [-0.05, 0) is 13.3 Å². The molecule has 0 aliphatic carbocycles. The topological polar surface area (TPSA) is 32.7 Å². The zero-order chi connectivity index (χ0) is 8.27. The molecule has 0 saturated carbocycles. The Morgan fingerprint density at radius 3 is 2.91 bits per heavy atom. The van der Waals surface area contributed by atoms with Gasteiger partial charge in [-0.25, -0.2) is 0 Å². The molecule has 0 aromatic rings. The number of likely N-dealkylation sites (tertiary alicyclic amines) is 1. The minimum Gasteiger partial charge on any atom is -0.392 e. The maximum Gasteiger partial charge on any atom is 0.0710 e. The largest absolute Gasteiger partial charge is 0.392 e. The number of methoxy groups -OCH3 is 1. The molecule has 66 valence electrons. The second-order valence-electron chi connectivity index (χ2n) is 3.25. The van der Waals surface area contributed by atoms with Crippen LogP contribution in [-0.2, 0) is 4.74 Å². The molecule has 0 radical (unpaired) electrons. The van der Waals surface area contributed by atoms with Gasteiger partial charge in [0.05, 0.1) is 12.2 Å². The molecule has 1 N–H and O–H groups in total. The molecule has 0 aromatic carbocycles. The SMILES string of the molecule is CO[C@H]1CCN(CC(C)O)C1. The third-order valence-corrected chi connectivity index (χ3v) is 2.08. The number of hydrogen-bond donors (Lipinski definition) is 1. The van der Waals surface area contributed by atoms with Crippen LogP contribution in [0.5, 0.6) is 0 Å². The summed E-state index contributed by atoms with van der Waals surface area (Å²) in [6, 6.07) is 0. The molecule has 0 amide bonds. The molecular formula is C8H17NO2. The van der Waals surface area contributed by atoms with Crippen molar-refractivity contribution in [3.8, 4) is 0 Å². The van der Waals surface area contributed by atoms with Crippen molar-refractivity contribution in [2.45, 2.75) is 25.6 Å². The van der Waals surface area contributed by atoms with Gasteiger partial charge < -0.3 is 9.84 Å². The van der Waals surface area contributed by atoms with Crippen LogP contribution in [0.2, 0.25) is 0 Å². The van der Waals surface area contributed by atoms with Gasteiger partial charge in [0.2, 0.25) is 0 Å². The lowest BCUT2D eigenvalue weighted by molar-refractivity contribution is 0.0945. The molecule has 1 heterocycles. The van der Waals surface area contributed by atoms with Crippen LogP contribution in [0.4, 0.5) is 0 Å². The van der Waals surface area contributed by atoms with Gasteiger partial charge in [0.1, 0.15) is 0 Å². The summed E-state index contributed by atoms with van der Waals surface area (Å²) >= 11 is 0. The Kier molecular flexibility index (Phi) is 3.30. The highest BCUT2D eigenvalue weighted by atomic mass is 16.5. The van der Waals surface area contributed by atoms with E-state index in [4.69, 9.17) is 9.84 Å². The molecule has 1 unspecified atom stereocenters.